The van der Waals surface area contributed by atoms with Crippen LogP contribution >= 0.6 is 0 Å². The monoisotopic (exact) mass is 435 g/mol. The predicted octanol–water partition coefficient (Wildman–Crippen LogP) is 6.39. The molecule has 32 heavy (non-hydrogen) atoms. The van der Waals surface area contributed by atoms with Crippen LogP contribution in [0.25, 0.3) is 10.8 Å². The number of anilines is 1. The summed E-state index contributed by atoms with van der Waals surface area (Å²) >= 11 is 0. The quantitative estimate of drug-likeness (QED) is 0.468. The molecule has 1 unspecified atom stereocenters. The molecule has 0 N–H and O–H groups in total. The largest absolute Gasteiger partial charge is 0.416 e. The summed E-state index contributed by atoms with van der Waals surface area (Å²) < 4.78 is 38.9. The molecule has 1 heterocycles. The van der Waals surface area contributed by atoms with Crippen LogP contribution in [-0.4, -0.2) is 11.7 Å². The molecule has 3 aromatic rings. The molecule has 0 saturated heterocycles. The fraction of sp³-hybridized carbons (Fsp3) is 0.231. The van der Waals surface area contributed by atoms with E-state index in [1.807, 2.05) is 42.5 Å². The number of carbonyl (C=O) groups excluding carboxylic acids is 2. The molecule has 3 nitrogen and oxygen atoms in total. The molecule has 0 saturated carbocycles. The Kier molecular flexibility index (Phi) is 4.88. The summed E-state index contributed by atoms with van der Waals surface area (Å²) in [6.45, 7) is 0. The zero-order chi connectivity index (χ0) is 22.5. The summed E-state index contributed by atoms with van der Waals surface area (Å²) in [4.78, 5) is 27.7. The molecule has 162 valence electrons. The number of halogens is 3. The number of benzene rings is 3. The van der Waals surface area contributed by atoms with E-state index in [1.54, 1.807) is 0 Å². The van der Waals surface area contributed by atoms with Gasteiger partial charge in [-0.15, -0.1) is 0 Å². The van der Waals surface area contributed by atoms with E-state index < -0.39 is 11.7 Å². The molecule has 3 aromatic carbocycles. The van der Waals surface area contributed by atoms with Gasteiger partial charge >= 0.3 is 6.18 Å². The number of nitrogens with zero attached hydrogens (tertiary/aromatic N) is 1. The van der Waals surface area contributed by atoms with Crippen molar-refractivity contribution >= 4 is 28.2 Å². The molecule has 1 amide bonds. The van der Waals surface area contributed by atoms with Crippen LogP contribution in [0.1, 0.15) is 42.7 Å². The highest BCUT2D eigenvalue weighted by Crippen LogP contribution is 2.44. The van der Waals surface area contributed by atoms with Gasteiger partial charge in [0.15, 0.2) is 5.78 Å². The van der Waals surface area contributed by atoms with Gasteiger partial charge in [0.1, 0.15) is 0 Å². The van der Waals surface area contributed by atoms with Gasteiger partial charge in [0.2, 0.25) is 5.91 Å². The van der Waals surface area contributed by atoms with E-state index in [-0.39, 0.29) is 24.0 Å². The normalized spacial score (nSPS) is 19.5. The van der Waals surface area contributed by atoms with Gasteiger partial charge in [0, 0.05) is 35.7 Å². The molecule has 6 heteroatoms. The number of rotatable bonds is 2. The molecule has 0 radical (unpaired) electrons. The lowest BCUT2D eigenvalue weighted by atomic mass is 9.77. The van der Waals surface area contributed by atoms with Crippen LogP contribution in [0.5, 0.6) is 0 Å². The first-order valence-corrected chi connectivity index (χ1v) is 10.6. The van der Waals surface area contributed by atoms with Crippen LogP contribution < -0.4 is 4.90 Å². The van der Waals surface area contributed by atoms with Gasteiger partial charge in [-0.2, -0.15) is 13.2 Å². The SMILES string of the molecule is O=C1CCCC2=C1C(c1ccc3ccccc3c1)CC(=O)N2c1ccc(C(F)(F)F)cc1. The zero-order valence-electron chi connectivity index (χ0n) is 17.2. The van der Waals surface area contributed by atoms with E-state index in [0.717, 1.165) is 28.5 Å². The first-order chi connectivity index (χ1) is 15.3. The fourth-order valence-electron chi connectivity index (χ4n) is 4.80. The Morgan fingerprint density at radius 2 is 1.56 bits per heavy atom. The van der Waals surface area contributed by atoms with Crippen molar-refractivity contribution in [2.24, 2.45) is 0 Å². The molecule has 1 atom stereocenters. The van der Waals surface area contributed by atoms with Crippen molar-refractivity contribution in [3.8, 4) is 0 Å². The minimum absolute atomic E-state index is 0.00817. The second kappa shape index (κ2) is 7.62. The third kappa shape index (κ3) is 3.49. The van der Waals surface area contributed by atoms with Crippen LogP contribution in [-0.2, 0) is 15.8 Å². The number of alkyl halides is 3. The van der Waals surface area contributed by atoms with E-state index >= 15 is 0 Å². The molecule has 0 fully saturated rings. The van der Waals surface area contributed by atoms with E-state index in [2.05, 4.69) is 0 Å². The van der Waals surface area contributed by atoms with Crippen molar-refractivity contribution in [2.75, 3.05) is 4.90 Å². The highest BCUT2D eigenvalue weighted by Gasteiger charge is 2.40. The Bertz CT molecular complexity index is 1260. The van der Waals surface area contributed by atoms with Crippen molar-refractivity contribution in [3.63, 3.8) is 0 Å². The van der Waals surface area contributed by atoms with Gasteiger partial charge < -0.3 is 0 Å². The molecule has 2 aliphatic rings. The average molecular weight is 435 g/mol. The van der Waals surface area contributed by atoms with Crippen LogP contribution in [0.3, 0.4) is 0 Å². The van der Waals surface area contributed by atoms with Gasteiger partial charge in [-0.25, -0.2) is 0 Å². The maximum atomic E-state index is 13.2. The second-order valence-corrected chi connectivity index (χ2v) is 8.27. The molecular formula is C26H20F3NO2. The average Bonchev–Trinajstić information content (AvgIpc) is 2.78. The Morgan fingerprint density at radius 3 is 2.28 bits per heavy atom. The van der Waals surface area contributed by atoms with E-state index in [9.17, 15) is 22.8 Å². The minimum atomic E-state index is -4.45. The van der Waals surface area contributed by atoms with Gasteiger partial charge in [-0.05, 0) is 53.4 Å². The maximum Gasteiger partial charge on any atom is 0.416 e. The number of allylic oxidation sites excluding steroid dienone is 2. The predicted molar refractivity (Wildman–Crippen MR) is 116 cm³/mol. The van der Waals surface area contributed by atoms with Gasteiger partial charge in [-0.3, -0.25) is 14.5 Å². The first kappa shape index (κ1) is 20.5. The van der Waals surface area contributed by atoms with E-state index in [4.69, 9.17) is 0 Å². The number of amides is 1. The van der Waals surface area contributed by atoms with Crippen LogP contribution in [0.15, 0.2) is 78.0 Å². The topological polar surface area (TPSA) is 37.4 Å². The molecule has 1 aliphatic heterocycles. The molecule has 1 aliphatic carbocycles. The van der Waals surface area contributed by atoms with Crippen LogP contribution in [0, 0.1) is 0 Å². The maximum absolute atomic E-state index is 13.2. The Labute approximate surface area is 183 Å². The van der Waals surface area contributed by atoms with E-state index in [0.29, 0.717) is 36.2 Å². The van der Waals surface area contributed by atoms with E-state index in [1.165, 1.54) is 17.0 Å². The standard InChI is InChI=1S/C26H20F3NO2/c27-26(28,29)19-10-12-20(13-11-19)30-22-6-3-7-23(31)25(22)21(15-24(30)32)18-9-8-16-4-1-2-5-17(16)14-18/h1-2,4-5,8-14,21H,3,6-7,15H2. The fourth-order valence-corrected chi connectivity index (χ4v) is 4.80. The van der Waals surface area contributed by atoms with Crippen molar-refractivity contribution in [3.05, 3.63) is 89.1 Å². The number of fused-ring (bicyclic) bond motifs is 1. The lowest BCUT2D eigenvalue weighted by Crippen LogP contribution is -2.40. The molecule has 0 bridgehead atoms. The smallest absolute Gasteiger partial charge is 0.294 e. The van der Waals surface area contributed by atoms with Crippen molar-refractivity contribution in [2.45, 2.75) is 37.8 Å². The number of carbonyl (C=O) groups is 2. The highest BCUT2D eigenvalue weighted by molar-refractivity contribution is 6.07. The van der Waals surface area contributed by atoms with Gasteiger partial charge in [-0.1, -0.05) is 42.5 Å². The lowest BCUT2D eigenvalue weighted by Gasteiger charge is -2.38. The Hall–Kier alpha value is -3.41. The molecule has 0 aromatic heterocycles. The molecule has 0 spiro atoms. The minimum Gasteiger partial charge on any atom is -0.294 e. The van der Waals surface area contributed by atoms with Gasteiger partial charge in [0.05, 0.1) is 5.56 Å². The van der Waals surface area contributed by atoms with Crippen LogP contribution in [0.2, 0.25) is 0 Å². The number of hydrogen-bond acceptors (Lipinski definition) is 2. The third-order valence-electron chi connectivity index (χ3n) is 6.30. The highest BCUT2D eigenvalue weighted by atomic mass is 19.4. The zero-order valence-corrected chi connectivity index (χ0v) is 17.2. The summed E-state index contributed by atoms with van der Waals surface area (Å²) in [5.74, 6) is -0.550. The number of Topliss-reactive ketones (excluding diaryl/α,β-unsaturated/α-hetero) is 1. The second-order valence-electron chi connectivity index (χ2n) is 8.27. The van der Waals surface area contributed by atoms with Crippen molar-refractivity contribution in [1.82, 2.24) is 0 Å². The number of ketones is 1. The van der Waals surface area contributed by atoms with Gasteiger partial charge in [0.25, 0.3) is 0 Å². The first-order valence-electron chi connectivity index (χ1n) is 10.6. The molecular weight excluding hydrogens is 415 g/mol. The van der Waals surface area contributed by atoms with Crippen LogP contribution in [0.4, 0.5) is 18.9 Å². The summed E-state index contributed by atoms with van der Waals surface area (Å²) in [6, 6.07) is 18.4. The Balaban J connectivity index is 1.60. The summed E-state index contributed by atoms with van der Waals surface area (Å²) in [6.07, 6.45) is -2.77. The Morgan fingerprint density at radius 1 is 0.844 bits per heavy atom. The van der Waals surface area contributed by atoms with Crippen molar-refractivity contribution in [1.29, 1.82) is 0 Å². The third-order valence-corrected chi connectivity index (χ3v) is 6.30. The summed E-state index contributed by atoms with van der Waals surface area (Å²) in [5, 5.41) is 2.11. The molecule has 5 rings (SSSR count). The van der Waals surface area contributed by atoms with Crippen molar-refractivity contribution < 1.29 is 22.8 Å². The summed E-state index contributed by atoms with van der Waals surface area (Å²) in [7, 11) is 0. The number of hydrogen-bond donors (Lipinski definition) is 0. The lowest BCUT2D eigenvalue weighted by molar-refractivity contribution is -0.137. The summed E-state index contributed by atoms with van der Waals surface area (Å²) in [5.41, 5.74) is 1.74.